The number of nitrogens with zero attached hydrogens (tertiary/aromatic N) is 2. The first-order valence-electron chi connectivity index (χ1n) is 7.97. The molecule has 1 aromatic carbocycles. The Labute approximate surface area is 143 Å². The largest absolute Gasteiger partial charge is 0.477 e. The number of hydrogen-bond donors (Lipinski definition) is 1. The molecule has 1 saturated heterocycles. The summed E-state index contributed by atoms with van der Waals surface area (Å²) >= 11 is 0. The quantitative estimate of drug-likeness (QED) is 0.891. The monoisotopic (exact) mass is 340 g/mol. The molecule has 2 aliphatic heterocycles. The Hall–Kier alpha value is -2.93. The Bertz CT molecular complexity index is 945. The first kappa shape index (κ1) is 15.6. The van der Waals surface area contributed by atoms with Crippen LogP contribution >= 0.6 is 0 Å². The minimum Gasteiger partial charge on any atom is -0.477 e. The number of amides is 1. The predicted molar refractivity (Wildman–Crippen MR) is 88.6 cm³/mol. The zero-order valence-electron chi connectivity index (χ0n) is 13.6. The maximum absolute atomic E-state index is 12.9. The van der Waals surface area contributed by atoms with Crippen molar-refractivity contribution < 1.29 is 19.4 Å². The van der Waals surface area contributed by atoms with Crippen LogP contribution in [0.25, 0.3) is 11.1 Å². The second kappa shape index (κ2) is 5.56. The van der Waals surface area contributed by atoms with Crippen molar-refractivity contribution in [1.29, 1.82) is 0 Å². The van der Waals surface area contributed by atoms with Gasteiger partial charge < -0.3 is 19.3 Å². The summed E-state index contributed by atoms with van der Waals surface area (Å²) in [6.45, 7) is 3.12. The number of benzene rings is 1. The van der Waals surface area contributed by atoms with E-state index in [1.54, 1.807) is 17.0 Å². The molecule has 1 N–H and O–H groups in total. The van der Waals surface area contributed by atoms with Gasteiger partial charge in [0, 0.05) is 12.7 Å². The van der Waals surface area contributed by atoms with Crippen LogP contribution in [-0.4, -0.2) is 45.8 Å². The lowest BCUT2D eigenvalue weighted by Crippen LogP contribution is -2.46. The van der Waals surface area contributed by atoms with Crippen molar-refractivity contribution in [2.75, 3.05) is 13.2 Å². The minimum atomic E-state index is -1.31. The van der Waals surface area contributed by atoms with Gasteiger partial charge in [-0.25, -0.2) is 4.79 Å². The fraction of sp³-hybridized carbons (Fsp3) is 0.278. The Balaban J connectivity index is 2.02. The number of aryl methyl sites for hydroxylation is 1. The molecule has 0 radical (unpaired) electrons. The van der Waals surface area contributed by atoms with Crippen molar-refractivity contribution >= 4 is 11.9 Å². The molecule has 7 nitrogen and oxygen atoms in total. The van der Waals surface area contributed by atoms with Crippen LogP contribution in [0.4, 0.5) is 0 Å². The highest BCUT2D eigenvalue weighted by Gasteiger charge is 2.39. The van der Waals surface area contributed by atoms with Crippen LogP contribution in [0.15, 0.2) is 35.3 Å². The Morgan fingerprint density at radius 1 is 1.24 bits per heavy atom. The highest BCUT2D eigenvalue weighted by molar-refractivity contribution is 6.01. The van der Waals surface area contributed by atoms with Gasteiger partial charge in [-0.1, -0.05) is 29.8 Å². The summed E-state index contributed by atoms with van der Waals surface area (Å²) < 4.78 is 7.07. The van der Waals surface area contributed by atoms with Crippen LogP contribution in [0.3, 0.4) is 0 Å². The van der Waals surface area contributed by atoms with Crippen LogP contribution in [0.5, 0.6) is 0 Å². The maximum Gasteiger partial charge on any atom is 0.341 e. The maximum atomic E-state index is 12.9. The molecule has 1 aromatic heterocycles. The van der Waals surface area contributed by atoms with Gasteiger partial charge in [0.2, 0.25) is 5.43 Å². The van der Waals surface area contributed by atoms with Gasteiger partial charge in [-0.3, -0.25) is 9.59 Å². The van der Waals surface area contributed by atoms with Crippen molar-refractivity contribution in [3.8, 4) is 11.1 Å². The van der Waals surface area contributed by atoms with Crippen molar-refractivity contribution in [3.05, 3.63) is 57.5 Å². The number of rotatable bonds is 2. The zero-order valence-corrected chi connectivity index (χ0v) is 13.6. The molecular weight excluding hydrogens is 324 g/mol. The molecule has 1 unspecified atom stereocenters. The summed E-state index contributed by atoms with van der Waals surface area (Å²) in [6.07, 6.45) is 0.823. The van der Waals surface area contributed by atoms with Crippen LogP contribution in [0, 0.1) is 6.92 Å². The third kappa shape index (κ3) is 2.35. The van der Waals surface area contributed by atoms with Gasteiger partial charge >= 0.3 is 5.97 Å². The van der Waals surface area contributed by atoms with Crippen LogP contribution in [0.1, 0.15) is 26.4 Å². The third-order valence-corrected chi connectivity index (χ3v) is 4.66. The van der Waals surface area contributed by atoms with E-state index < -0.39 is 17.6 Å². The van der Waals surface area contributed by atoms with E-state index in [-0.39, 0.29) is 22.7 Å². The molecular formula is C18H16N2O5. The van der Waals surface area contributed by atoms with Gasteiger partial charge in [-0.15, -0.1) is 0 Å². The number of fused-ring (bicyclic) bond motifs is 2. The van der Waals surface area contributed by atoms with Gasteiger partial charge in [0.05, 0.1) is 18.7 Å². The average molecular weight is 340 g/mol. The average Bonchev–Trinajstić information content (AvgIpc) is 3.05. The van der Waals surface area contributed by atoms with Gasteiger partial charge in [0.25, 0.3) is 5.91 Å². The summed E-state index contributed by atoms with van der Waals surface area (Å²) in [5.74, 6) is -1.62. The van der Waals surface area contributed by atoms with E-state index in [0.717, 1.165) is 5.56 Å². The molecule has 128 valence electrons. The standard InChI is InChI=1S/C18H16N2O5/c1-10-2-4-11(5-3-10)14-15-17(22)20-6-7-25-13(20)9-19(15)8-12(16(14)21)18(23)24/h2-5,8,13H,6-7,9H2,1H3,(H,23,24). The highest BCUT2D eigenvalue weighted by Crippen LogP contribution is 2.29. The lowest BCUT2D eigenvalue weighted by atomic mass is 9.98. The van der Waals surface area contributed by atoms with E-state index in [4.69, 9.17) is 4.74 Å². The molecule has 2 aromatic rings. The van der Waals surface area contributed by atoms with Crippen molar-refractivity contribution in [2.45, 2.75) is 19.7 Å². The molecule has 0 bridgehead atoms. The SMILES string of the molecule is Cc1ccc(-c2c3n(cc(C(=O)O)c2=O)CC2OCCN2C3=O)cc1. The Morgan fingerprint density at radius 3 is 2.64 bits per heavy atom. The number of carbonyl (C=O) groups excluding carboxylic acids is 1. The zero-order chi connectivity index (χ0) is 17.7. The first-order chi connectivity index (χ1) is 12.0. The van der Waals surface area contributed by atoms with Gasteiger partial charge in [-0.2, -0.15) is 0 Å². The summed E-state index contributed by atoms with van der Waals surface area (Å²) in [6, 6.07) is 7.12. The van der Waals surface area contributed by atoms with E-state index in [0.29, 0.717) is 25.3 Å². The van der Waals surface area contributed by atoms with E-state index in [1.165, 1.54) is 10.8 Å². The topological polar surface area (TPSA) is 88.8 Å². The summed E-state index contributed by atoms with van der Waals surface area (Å²) in [5, 5.41) is 9.40. The van der Waals surface area contributed by atoms with Crippen LogP contribution in [-0.2, 0) is 11.3 Å². The second-order valence-corrected chi connectivity index (χ2v) is 6.24. The number of pyridine rings is 1. The van der Waals surface area contributed by atoms with Crippen LogP contribution < -0.4 is 5.43 Å². The van der Waals surface area contributed by atoms with E-state index >= 15 is 0 Å². The van der Waals surface area contributed by atoms with Crippen molar-refractivity contribution in [2.24, 2.45) is 0 Å². The lowest BCUT2D eigenvalue weighted by molar-refractivity contribution is 0.00900. The molecule has 1 amide bonds. The summed E-state index contributed by atoms with van der Waals surface area (Å²) in [5.41, 5.74) is 0.907. The van der Waals surface area contributed by atoms with Crippen molar-refractivity contribution in [3.63, 3.8) is 0 Å². The van der Waals surface area contributed by atoms with E-state index in [9.17, 15) is 19.5 Å². The molecule has 0 spiro atoms. The molecule has 7 heteroatoms. The third-order valence-electron chi connectivity index (χ3n) is 4.66. The van der Waals surface area contributed by atoms with E-state index in [1.807, 2.05) is 19.1 Å². The fourth-order valence-corrected chi connectivity index (χ4v) is 3.39. The normalized spacial score (nSPS) is 18.8. The second-order valence-electron chi connectivity index (χ2n) is 6.24. The summed E-state index contributed by atoms with van der Waals surface area (Å²) in [7, 11) is 0. The minimum absolute atomic E-state index is 0.134. The number of ether oxygens (including phenoxy) is 1. The Morgan fingerprint density at radius 2 is 1.96 bits per heavy atom. The number of aromatic nitrogens is 1. The highest BCUT2D eigenvalue weighted by atomic mass is 16.5. The fourth-order valence-electron chi connectivity index (χ4n) is 3.39. The van der Waals surface area contributed by atoms with Crippen molar-refractivity contribution in [1.82, 2.24) is 9.47 Å². The van der Waals surface area contributed by atoms with Crippen LogP contribution in [0.2, 0.25) is 0 Å². The van der Waals surface area contributed by atoms with Gasteiger partial charge in [-0.05, 0) is 12.5 Å². The van der Waals surface area contributed by atoms with E-state index in [2.05, 4.69) is 0 Å². The number of carboxylic acids is 1. The summed E-state index contributed by atoms with van der Waals surface area (Å²) in [4.78, 5) is 38.8. The van der Waals surface area contributed by atoms with Gasteiger partial charge in [0.15, 0.2) is 6.23 Å². The molecule has 4 rings (SSSR count). The van der Waals surface area contributed by atoms with Gasteiger partial charge in [0.1, 0.15) is 11.3 Å². The molecule has 2 aliphatic rings. The number of hydrogen-bond acceptors (Lipinski definition) is 4. The smallest absolute Gasteiger partial charge is 0.341 e. The number of carbonyl (C=O) groups is 2. The Kier molecular flexibility index (Phi) is 3.47. The molecule has 0 saturated carbocycles. The predicted octanol–water partition coefficient (Wildman–Crippen LogP) is 1.33. The molecule has 1 fully saturated rings. The molecule has 1 atom stereocenters. The lowest BCUT2D eigenvalue weighted by Gasteiger charge is -2.32. The number of carboxylic acid groups (broad SMARTS) is 1. The molecule has 25 heavy (non-hydrogen) atoms. The number of aromatic carboxylic acids is 1. The molecule has 3 heterocycles. The first-order valence-corrected chi connectivity index (χ1v) is 7.97. The molecule has 0 aliphatic carbocycles.